The van der Waals surface area contributed by atoms with Gasteiger partial charge in [-0.2, -0.15) is 0 Å². The van der Waals surface area contributed by atoms with Crippen molar-refractivity contribution in [2.45, 2.75) is 25.7 Å². The molecule has 0 N–H and O–H groups in total. The lowest BCUT2D eigenvalue weighted by Crippen LogP contribution is -2.02. The van der Waals surface area contributed by atoms with Gasteiger partial charge in [0.25, 0.3) is 0 Å². The number of rotatable bonds is 0. The van der Waals surface area contributed by atoms with Crippen molar-refractivity contribution in [1.82, 2.24) is 0 Å². The number of allylic oxidation sites excluding steroid dienone is 6. The topological polar surface area (TPSA) is 0 Å². The molecule has 0 fully saturated rings. The van der Waals surface area contributed by atoms with Crippen molar-refractivity contribution >= 4 is 0 Å². The molecular formula is C16H16. The molecule has 1 aromatic rings. The van der Waals surface area contributed by atoms with Crippen LogP contribution in [0.15, 0.2) is 59.7 Å². The quantitative estimate of drug-likeness (QED) is 0.600. The van der Waals surface area contributed by atoms with Gasteiger partial charge in [0.1, 0.15) is 0 Å². The van der Waals surface area contributed by atoms with Crippen LogP contribution in [0.3, 0.4) is 0 Å². The molecule has 3 rings (SSSR count). The largest absolute Gasteiger partial charge is 0.0801 e. The fourth-order valence-electron chi connectivity index (χ4n) is 2.76. The molecule has 0 aliphatic heterocycles. The van der Waals surface area contributed by atoms with Crippen molar-refractivity contribution < 1.29 is 0 Å². The highest BCUT2D eigenvalue weighted by Crippen LogP contribution is 2.37. The first-order chi connectivity index (χ1) is 7.86. The van der Waals surface area contributed by atoms with Crippen LogP contribution in [-0.4, -0.2) is 0 Å². The Morgan fingerprint density at radius 3 is 2.94 bits per heavy atom. The maximum atomic E-state index is 2.40. The van der Waals surface area contributed by atoms with Gasteiger partial charge in [-0.25, -0.2) is 0 Å². The van der Waals surface area contributed by atoms with Crippen LogP contribution in [0.2, 0.25) is 0 Å². The van der Waals surface area contributed by atoms with Gasteiger partial charge >= 0.3 is 0 Å². The third kappa shape index (κ3) is 1.46. The van der Waals surface area contributed by atoms with E-state index in [1.807, 2.05) is 0 Å². The van der Waals surface area contributed by atoms with Crippen LogP contribution in [0.5, 0.6) is 0 Å². The molecule has 1 unspecified atom stereocenters. The molecule has 0 spiro atoms. The molecule has 2 aliphatic rings. The first-order valence-electron chi connectivity index (χ1n) is 6.00. The van der Waals surface area contributed by atoms with Gasteiger partial charge in [-0.05, 0) is 35.1 Å². The Morgan fingerprint density at radius 2 is 2.00 bits per heavy atom. The van der Waals surface area contributed by atoms with E-state index >= 15 is 0 Å². The lowest BCUT2D eigenvalue weighted by atomic mass is 9.85. The minimum atomic E-state index is 0.537. The Kier molecular flexibility index (Phi) is 2.28. The molecule has 0 bridgehead atoms. The summed E-state index contributed by atoms with van der Waals surface area (Å²) in [5, 5.41) is 0. The lowest BCUT2D eigenvalue weighted by molar-refractivity contribution is 0.886. The number of benzene rings is 1. The smallest absolute Gasteiger partial charge is 0.00665 e. The Bertz CT molecular complexity index is 501. The van der Waals surface area contributed by atoms with E-state index in [4.69, 9.17) is 0 Å². The predicted molar refractivity (Wildman–Crippen MR) is 68.5 cm³/mol. The standard InChI is InChI=1S/C16H16/c1-12-15-8-4-2-6-13(15)10-11-14-7-3-5-9-16(12)14/h2-6,8-9,11-12H,7,10H2,1H3. The van der Waals surface area contributed by atoms with E-state index in [2.05, 4.69) is 55.5 Å². The highest BCUT2D eigenvalue weighted by Gasteiger charge is 2.20. The van der Waals surface area contributed by atoms with Crippen LogP contribution in [0.4, 0.5) is 0 Å². The Morgan fingerprint density at radius 1 is 1.12 bits per heavy atom. The highest BCUT2D eigenvalue weighted by molar-refractivity contribution is 5.50. The molecular weight excluding hydrogens is 192 g/mol. The van der Waals surface area contributed by atoms with Crippen LogP contribution < -0.4 is 0 Å². The van der Waals surface area contributed by atoms with Crippen LogP contribution >= 0.6 is 0 Å². The second-order valence-corrected chi connectivity index (χ2v) is 4.61. The molecule has 0 nitrogen and oxygen atoms in total. The van der Waals surface area contributed by atoms with Crippen molar-refractivity contribution in [2.75, 3.05) is 0 Å². The van der Waals surface area contributed by atoms with Gasteiger partial charge in [-0.15, -0.1) is 0 Å². The molecule has 1 aromatic carbocycles. The SMILES string of the molecule is CC1C2=CC=CCC2=CCc2ccccc21. The van der Waals surface area contributed by atoms with Gasteiger partial charge in [0.2, 0.25) is 0 Å². The third-order valence-corrected chi connectivity index (χ3v) is 3.68. The number of hydrogen-bond acceptors (Lipinski definition) is 0. The predicted octanol–water partition coefficient (Wildman–Crippen LogP) is 4.16. The van der Waals surface area contributed by atoms with Gasteiger partial charge in [0, 0.05) is 5.92 Å². The first-order valence-corrected chi connectivity index (χ1v) is 6.00. The zero-order valence-electron chi connectivity index (χ0n) is 9.61. The molecule has 80 valence electrons. The zero-order chi connectivity index (χ0) is 11.0. The summed E-state index contributed by atoms with van der Waals surface area (Å²) in [5.41, 5.74) is 6.01. The molecule has 0 heterocycles. The highest BCUT2D eigenvalue weighted by atomic mass is 14.2. The maximum absolute atomic E-state index is 2.40. The van der Waals surface area contributed by atoms with Crippen molar-refractivity contribution in [2.24, 2.45) is 0 Å². The minimum Gasteiger partial charge on any atom is -0.0801 e. The molecule has 0 saturated carbocycles. The normalized spacial score (nSPS) is 22.7. The number of hydrogen-bond donors (Lipinski definition) is 0. The average Bonchev–Trinajstić information content (AvgIpc) is 2.49. The van der Waals surface area contributed by atoms with E-state index in [-0.39, 0.29) is 0 Å². The van der Waals surface area contributed by atoms with Crippen LogP contribution in [0, 0.1) is 0 Å². The van der Waals surface area contributed by atoms with Gasteiger partial charge in [-0.1, -0.05) is 55.5 Å². The number of fused-ring (bicyclic) bond motifs is 2. The van der Waals surface area contributed by atoms with Crippen molar-refractivity contribution in [3.8, 4) is 0 Å². The molecule has 1 atom stereocenters. The zero-order valence-corrected chi connectivity index (χ0v) is 9.61. The summed E-state index contributed by atoms with van der Waals surface area (Å²) in [6.45, 7) is 2.32. The summed E-state index contributed by atoms with van der Waals surface area (Å²) < 4.78 is 0. The molecule has 16 heavy (non-hydrogen) atoms. The fourth-order valence-corrected chi connectivity index (χ4v) is 2.76. The molecule has 0 saturated heterocycles. The monoisotopic (exact) mass is 208 g/mol. The van der Waals surface area contributed by atoms with E-state index in [1.165, 1.54) is 22.3 Å². The second-order valence-electron chi connectivity index (χ2n) is 4.61. The molecule has 0 heteroatoms. The maximum Gasteiger partial charge on any atom is 0.00665 e. The molecule has 0 amide bonds. The van der Waals surface area contributed by atoms with E-state index < -0.39 is 0 Å². The first kappa shape index (κ1) is 9.65. The van der Waals surface area contributed by atoms with Crippen molar-refractivity contribution in [3.63, 3.8) is 0 Å². The summed E-state index contributed by atoms with van der Waals surface area (Å²) in [6.07, 6.45) is 11.3. The Labute approximate surface area is 97.0 Å². The summed E-state index contributed by atoms with van der Waals surface area (Å²) in [6, 6.07) is 8.83. The lowest BCUT2D eigenvalue weighted by Gasteiger charge is -2.19. The van der Waals surface area contributed by atoms with E-state index in [1.54, 1.807) is 0 Å². The summed E-state index contributed by atoms with van der Waals surface area (Å²) in [7, 11) is 0. The summed E-state index contributed by atoms with van der Waals surface area (Å²) in [4.78, 5) is 0. The van der Waals surface area contributed by atoms with E-state index in [0.29, 0.717) is 5.92 Å². The van der Waals surface area contributed by atoms with E-state index in [9.17, 15) is 0 Å². The molecule has 2 aliphatic carbocycles. The molecule has 0 aromatic heterocycles. The van der Waals surface area contributed by atoms with Crippen molar-refractivity contribution in [3.05, 3.63) is 70.8 Å². The molecule has 0 radical (unpaired) electrons. The fraction of sp³-hybridized carbons (Fsp3) is 0.250. The van der Waals surface area contributed by atoms with Gasteiger partial charge < -0.3 is 0 Å². The van der Waals surface area contributed by atoms with Crippen LogP contribution in [0.25, 0.3) is 0 Å². The second kappa shape index (κ2) is 3.79. The van der Waals surface area contributed by atoms with Gasteiger partial charge in [0.05, 0.1) is 0 Å². The van der Waals surface area contributed by atoms with Crippen molar-refractivity contribution in [1.29, 1.82) is 0 Å². The Balaban J connectivity index is 2.15. The minimum absolute atomic E-state index is 0.537. The van der Waals surface area contributed by atoms with Gasteiger partial charge in [-0.3, -0.25) is 0 Å². The Hall–Kier alpha value is -1.56. The van der Waals surface area contributed by atoms with E-state index in [0.717, 1.165) is 12.8 Å². The van der Waals surface area contributed by atoms with Gasteiger partial charge in [0.15, 0.2) is 0 Å². The third-order valence-electron chi connectivity index (χ3n) is 3.68. The average molecular weight is 208 g/mol. The summed E-state index contributed by atoms with van der Waals surface area (Å²) in [5.74, 6) is 0.537. The summed E-state index contributed by atoms with van der Waals surface area (Å²) >= 11 is 0. The van der Waals surface area contributed by atoms with Crippen LogP contribution in [-0.2, 0) is 6.42 Å². The van der Waals surface area contributed by atoms with Crippen LogP contribution in [0.1, 0.15) is 30.4 Å².